The lowest BCUT2D eigenvalue weighted by atomic mass is 10.2. The maximum Gasteiger partial charge on any atom is 0.418 e. The molecule has 0 unspecified atom stereocenters. The van der Waals surface area contributed by atoms with Gasteiger partial charge in [0.05, 0.1) is 10.6 Å². The van der Waals surface area contributed by atoms with Crippen LogP contribution >= 0.6 is 0 Å². The van der Waals surface area contributed by atoms with Crippen LogP contribution in [-0.2, 0) is 0 Å². The third kappa shape index (κ3) is 3.55. The third-order valence-electron chi connectivity index (χ3n) is 3.17. The van der Waals surface area contributed by atoms with Crippen molar-refractivity contribution in [3.63, 3.8) is 0 Å². The van der Waals surface area contributed by atoms with Gasteiger partial charge in [0.25, 0.3) is 5.69 Å². The third-order valence-corrected chi connectivity index (χ3v) is 3.17. The number of para-hydroxylation sites is 1. The number of nitrogens with one attached hydrogen (secondary N) is 2. The van der Waals surface area contributed by atoms with Crippen LogP contribution in [0.1, 0.15) is 5.56 Å². The Labute approximate surface area is 136 Å². The number of hydrogen-bond donors (Lipinski definition) is 2. The molecule has 8 nitrogen and oxygen atoms in total. The van der Waals surface area contributed by atoms with Crippen molar-refractivity contribution in [3.05, 3.63) is 70.3 Å². The zero-order chi connectivity index (χ0) is 16.9. The van der Waals surface area contributed by atoms with Crippen LogP contribution in [-0.4, -0.2) is 16.9 Å². The van der Waals surface area contributed by atoms with Gasteiger partial charge in [0.1, 0.15) is 5.75 Å². The zero-order valence-electron chi connectivity index (χ0n) is 12.3. The van der Waals surface area contributed by atoms with E-state index in [0.717, 1.165) is 11.3 Å². The molecule has 0 fully saturated rings. The van der Waals surface area contributed by atoms with E-state index in [1.807, 2.05) is 24.3 Å². The molecule has 2 aromatic rings. The van der Waals surface area contributed by atoms with E-state index in [-0.39, 0.29) is 17.3 Å². The number of hydrazone groups is 1. The molecule has 0 saturated heterocycles. The van der Waals surface area contributed by atoms with Gasteiger partial charge in [-0.2, -0.15) is 5.10 Å². The molecule has 3 rings (SSSR count). The van der Waals surface area contributed by atoms with Crippen LogP contribution < -0.4 is 15.5 Å². The second kappa shape index (κ2) is 6.61. The normalized spacial score (nSPS) is 12.2. The van der Waals surface area contributed by atoms with Crippen LogP contribution in [0.25, 0.3) is 6.08 Å². The number of carbonyl (C=O) groups is 1. The molecular weight excluding hydrogens is 312 g/mol. The van der Waals surface area contributed by atoms with Crippen molar-refractivity contribution in [2.75, 3.05) is 5.43 Å². The number of hydrogen-bond acceptors (Lipinski definition) is 6. The molecular formula is C16H12N4O4. The Morgan fingerprint density at radius 3 is 2.62 bits per heavy atom. The highest BCUT2D eigenvalue weighted by atomic mass is 16.6. The molecule has 0 radical (unpaired) electrons. The number of ether oxygens (including phenoxy) is 1. The number of carbonyl (C=O) groups excluding carboxylic acids is 1. The number of nitro groups is 1. The lowest BCUT2D eigenvalue weighted by Crippen LogP contribution is -2.32. The predicted octanol–water partition coefficient (Wildman–Crippen LogP) is 3.14. The number of fused-ring (bicyclic) bond motifs is 1. The van der Waals surface area contributed by atoms with E-state index < -0.39 is 11.0 Å². The molecule has 8 heteroatoms. The summed E-state index contributed by atoms with van der Waals surface area (Å²) in [5.74, 6) is 0.464. The smallest absolute Gasteiger partial charge is 0.410 e. The highest BCUT2D eigenvalue weighted by Gasteiger charge is 2.11. The summed E-state index contributed by atoms with van der Waals surface area (Å²) < 4.78 is 5.05. The molecule has 1 heterocycles. The van der Waals surface area contributed by atoms with Crippen molar-refractivity contribution >= 4 is 29.4 Å². The van der Waals surface area contributed by atoms with Gasteiger partial charge < -0.3 is 4.74 Å². The van der Waals surface area contributed by atoms with Crippen LogP contribution in [0.2, 0.25) is 0 Å². The Kier molecular flexibility index (Phi) is 4.19. The SMILES string of the molecule is O=C(NC1=NNc2ccccc2C=C1)Oc1ccc([N+](=O)[O-])cc1. The van der Waals surface area contributed by atoms with Crippen LogP contribution in [0.4, 0.5) is 16.2 Å². The molecule has 0 aromatic heterocycles. The first-order chi connectivity index (χ1) is 11.6. The number of nitrogens with zero attached hydrogens (tertiary/aromatic N) is 2. The number of anilines is 1. The average molecular weight is 324 g/mol. The largest absolute Gasteiger partial charge is 0.418 e. The molecule has 0 bridgehead atoms. The van der Waals surface area contributed by atoms with E-state index in [1.165, 1.54) is 24.3 Å². The molecule has 0 aliphatic carbocycles. The average Bonchev–Trinajstić information content (AvgIpc) is 2.78. The highest BCUT2D eigenvalue weighted by molar-refractivity contribution is 6.06. The maximum atomic E-state index is 11.9. The van der Waals surface area contributed by atoms with Crippen molar-refractivity contribution in [2.45, 2.75) is 0 Å². The lowest BCUT2D eigenvalue weighted by molar-refractivity contribution is -0.384. The fraction of sp³-hybridized carbons (Fsp3) is 0. The van der Waals surface area contributed by atoms with Gasteiger partial charge in [-0.05, 0) is 35.9 Å². The van der Waals surface area contributed by atoms with E-state index in [4.69, 9.17) is 4.74 Å². The van der Waals surface area contributed by atoms with Crippen LogP contribution in [0.3, 0.4) is 0 Å². The van der Waals surface area contributed by atoms with Gasteiger partial charge in [-0.1, -0.05) is 18.2 Å². The second-order valence-electron chi connectivity index (χ2n) is 4.79. The summed E-state index contributed by atoms with van der Waals surface area (Å²) in [4.78, 5) is 21.9. The lowest BCUT2D eigenvalue weighted by Gasteiger charge is -2.06. The van der Waals surface area contributed by atoms with Gasteiger partial charge >= 0.3 is 6.09 Å². The Morgan fingerprint density at radius 2 is 1.88 bits per heavy atom. The number of non-ortho nitro benzene ring substituents is 1. The summed E-state index contributed by atoms with van der Waals surface area (Å²) in [7, 11) is 0. The van der Waals surface area contributed by atoms with Crippen molar-refractivity contribution in [1.29, 1.82) is 0 Å². The number of benzene rings is 2. The number of nitro benzene ring substituents is 1. The molecule has 0 spiro atoms. The molecule has 24 heavy (non-hydrogen) atoms. The molecule has 0 atom stereocenters. The summed E-state index contributed by atoms with van der Waals surface area (Å²) in [6.45, 7) is 0. The number of amidine groups is 1. The van der Waals surface area contributed by atoms with Crippen LogP contribution in [0, 0.1) is 10.1 Å². The van der Waals surface area contributed by atoms with E-state index in [0.29, 0.717) is 0 Å². The Morgan fingerprint density at radius 1 is 1.12 bits per heavy atom. The minimum atomic E-state index is -0.750. The van der Waals surface area contributed by atoms with Crippen LogP contribution in [0.5, 0.6) is 5.75 Å². The Balaban J connectivity index is 1.63. The first kappa shape index (κ1) is 15.2. The van der Waals surface area contributed by atoms with Gasteiger partial charge in [-0.3, -0.25) is 20.9 Å². The zero-order valence-corrected chi connectivity index (χ0v) is 12.3. The molecule has 2 aromatic carbocycles. The van der Waals surface area contributed by atoms with Gasteiger partial charge in [-0.25, -0.2) is 4.79 Å². The molecule has 1 aliphatic heterocycles. The number of amides is 1. The summed E-state index contributed by atoms with van der Waals surface area (Å²) in [5.41, 5.74) is 4.51. The summed E-state index contributed by atoms with van der Waals surface area (Å²) in [6, 6.07) is 12.7. The van der Waals surface area contributed by atoms with Gasteiger partial charge in [0, 0.05) is 12.1 Å². The quantitative estimate of drug-likeness (QED) is 0.652. The molecule has 120 valence electrons. The minimum Gasteiger partial charge on any atom is -0.410 e. The van der Waals surface area contributed by atoms with E-state index in [2.05, 4.69) is 15.8 Å². The van der Waals surface area contributed by atoms with Crippen molar-refractivity contribution in [1.82, 2.24) is 5.32 Å². The summed E-state index contributed by atoms with van der Waals surface area (Å²) in [6.07, 6.45) is 2.69. The predicted molar refractivity (Wildman–Crippen MR) is 88.8 cm³/mol. The topological polar surface area (TPSA) is 106 Å². The second-order valence-corrected chi connectivity index (χ2v) is 4.79. The van der Waals surface area contributed by atoms with Gasteiger partial charge in [0.2, 0.25) is 0 Å². The fourth-order valence-corrected chi connectivity index (χ4v) is 2.01. The van der Waals surface area contributed by atoms with E-state index >= 15 is 0 Å². The molecule has 0 saturated carbocycles. The van der Waals surface area contributed by atoms with Gasteiger partial charge in [-0.15, -0.1) is 0 Å². The first-order valence-electron chi connectivity index (χ1n) is 6.96. The van der Waals surface area contributed by atoms with Crippen molar-refractivity contribution in [2.24, 2.45) is 5.10 Å². The van der Waals surface area contributed by atoms with Crippen LogP contribution in [0.15, 0.2) is 59.7 Å². The van der Waals surface area contributed by atoms with Crippen molar-refractivity contribution < 1.29 is 14.5 Å². The van der Waals surface area contributed by atoms with Gasteiger partial charge in [0.15, 0.2) is 5.84 Å². The highest BCUT2D eigenvalue weighted by Crippen LogP contribution is 2.19. The number of rotatable bonds is 2. The Hall–Kier alpha value is -3.68. The molecule has 1 aliphatic rings. The molecule has 1 amide bonds. The van der Waals surface area contributed by atoms with E-state index in [1.54, 1.807) is 12.2 Å². The molecule has 2 N–H and O–H groups in total. The standard InChI is InChI=1S/C16H12N4O4/c21-16(24-13-8-6-12(7-9-13)20(22)23)17-15-10-5-11-3-1-2-4-14(11)18-19-15/h1-10,18H,(H,17,19,21). The first-order valence-corrected chi connectivity index (χ1v) is 6.96. The van der Waals surface area contributed by atoms with E-state index in [9.17, 15) is 14.9 Å². The van der Waals surface area contributed by atoms with Crippen molar-refractivity contribution in [3.8, 4) is 5.75 Å². The Bertz CT molecular complexity index is 843. The summed E-state index contributed by atoms with van der Waals surface area (Å²) >= 11 is 0. The summed E-state index contributed by atoms with van der Waals surface area (Å²) in [5, 5.41) is 17.1. The monoisotopic (exact) mass is 324 g/mol. The fourth-order valence-electron chi connectivity index (χ4n) is 2.01. The minimum absolute atomic E-state index is 0.0826. The maximum absolute atomic E-state index is 11.9.